The summed E-state index contributed by atoms with van der Waals surface area (Å²) in [7, 11) is 0. The van der Waals surface area contributed by atoms with Crippen LogP contribution in [0.4, 0.5) is 10.5 Å². The van der Waals surface area contributed by atoms with Crippen LogP contribution in [0.5, 0.6) is 0 Å². The van der Waals surface area contributed by atoms with Gasteiger partial charge in [-0.2, -0.15) is 0 Å². The summed E-state index contributed by atoms with van der Waals surface area (Å²) in [5.41, 5.74) is 0.0547. The Morgan fingerprint density at radius 3 is 2.15 bits per heavy atom. The van der Waals surface area contributed by atoms with Crippen molar-refractivity contribution in [2.24, 2.45) is 5.41 Å². The Morgan fingerprint density at radius 2 is 1.70 bits per heavy atom. The molecule has 1 aromatic rings. The number of carboxylic acids is 1. The lowest BCUT2D eigenvalue weighted by atomic mass is 9.94. The fraction of sp³-hybridized carbons (Fsp3) is 0.357. The Kier molecular flexibility index (Phi) is 4.85. The molecule has 0 unspecified atom stereocenters. The Morgan fingerprint density at radius 1 is 1.15 bits per heavy atom. The zero-order valence-electron chi connectivity index (χ0n) is 11.7. The molecule has 1 aromatic carbocycles. The van der Waals surface area contributed by atoms with Gasteiger partial charge in [-0.15, -0.1) is 0 Å². The SMILES string of the molecule is CC(=O)c1ccc(NC(=O)NCC(C)(C)C(=O)O)cc1. The molecule has 0 aliphatic heterocycles. The van der Waals surface area contributed by atoms with Crippen LogP contribution in [0.2, 0.25) is 0 Å². The van der Waals surface area contributed by atoms with Crippen molar-refractivity contribution in [3.63, 3.8) is 0 Å². The maximum atomic E-state index is 11.6. The number of urea groups is 1. The number of carbonyl (C=O) groups excluding carboxylic acids is 2. The van der Waals surface area contributed by atoms with Crippen LogP contribution in [0.25, 0.3) is 0 Å². The zero-order valence-corrected chi connectivity index (χ0v) is 11.7. The molecule has 0 saturated carbocycles. The molecule has 0 radical (unpaired) electrons. The van der Waals surface area contributed by atoms with Gasteiger partial charge in [0.15, 0.2) is 5.78 Å². The molecule has 0 saturated heterocycles. The molecule has 108 valence electrons. The standard InChI is InChI=1S/C14H18N2O4/c1-9(17)10-4-6-11(7-5-10)16-13(20)15-8-14(2,3)12(18)19/h4-7H,8H2,1-3H3,(H,18,19)(H2,15,16,20). The first-order valence-electron chi connectivity index (χ1n) is 6.11. The number of aliphatic carboxylic acids is 1. The summed E-state index contributed by atoms with van der Waals surface area (Å²) < 4.78 is 0. The summed E-state index contributed by atoms with van der Waals surface area (Å²) in [6, 6.07) is 5.95. The second-order valence-corrected chi connectivity index (χ2v) is 5.13. The van der Waals surface area contributed by atoms with Crippen LogP contribution in [0, 0.1) is 5.41 Å². The van der Waals surface area contributed by atoms with Crippen molar-refractivity contribution < 1.29 is 19.5 Å². The molecule has 0 spiro atoms. The molecular weight excluding hydrogens is 260 g/mol. The lowest BCUT2D eigenvalue weighted by molar-refractivity contribution is -0.146. The van der Waals surface area contributed by atoms with Gasteiger partial charge in [0.2, 0.25) is 0 Å². The predicted octanol–water partition coefficient (Wildman–Crippen LogP) is 2.12. The van der Waals surface area contributed by atoms with E-state index >= 15 is 0 Å². The van der Waals surface area contributed by atoms with E-state index in [0.717, 1.165) is 0 Å². The number of ketones is 1. The number of amides is 2. The Balaban J connectivity index is 2.54. The number of hydrogen-bond acceptors (Lipinski definition) is 3. The first-order valence-corrected chi connectivity index (χ1v) is 6.11. The highest BCUT2D eigenvalue weighted by Gasteiger charge is 2.27. The zero-order chi connectivity index (χ0) is 15.3. The number of rotatable bonds is 5. The van der Waals surface area contributed by atoms with E-state index in [4.69, 9.17) is 5.11 Å². The maximum absolute atomic E-state index is 11.6. The minimum atomic E-state index is -1.03. The molecule has 0 atom stereocenters. The van der Waals surface area contributed by atoms with Crippen LogP contribution < -0.4 is 10.6 Å². The number of nitrogens with one attached hydrogen (secondary N) is 2. The van der Waals surface area contributed by atoms with Crippen molar-refractivity contribution in [3.8, 4) is 0 Å². The van der Waals surface area contributed by atoms with Crippen LogP contribution in [0.1, 0.15) is 31.1 Å². The van der Waals surface area contributed by atoms with Crippen LogP contribution in [0.15, 0.2) is 24.3 Å². The van der Waals surface area contributed by atoms with Crippen LogP contribution >= 0.6 is 0 Å². The van der Waals surface area contributed by atoms with Gasteiger partial charge >= 0.3 is 12.0 Å². The number of hydrogen-bond donors (Lipinski definition) is 3. The molecule has 0 aliphatic rings. The van der Waals surface area contributed by atoms with E-state index in [-0.39, 0.29) is 12.3 Å². The van der Waals surface area contributed by atoms with Gasteiger partial charge in [-0.25, -0.2) is 4.79 Å². The summed E-state index contributed by atoms with van der Waals surface area (Å²) in [5, 5.41) is 14.0. The predicted molar refractivity (Wildman–Crippen MR) is 74.9 cm³/mol. The topological polar surface area (TPSA) is 95.5 Å². The van der Waals surface area contributed by atoms with E-state index in [1.807, 2.05) is 0 Å². The first kappa shape index (κ1) is 15.7. The Hall–Kier alpha value is -2.37. The van der Waals surface area contributed by atoms with E-state index in [0.29, 0.717) is 11.3 Å². The van der Waals surface area contributed by atoms with Crippen molar-refractivity contribution in [3.05, 3.63) is 29.8 Å². The van der Waals surface area contributed by atoms with E-state index < -0.39 is 17.4 Å². The Bertz CT molecular complexity index is 520. The van der Waals surface area contributed by atoms with Gasteiger partial charge in [-0.1, -0.05) is 0 Å². The van der Waals surface area contributed by atoms with Gasteiger partial charge in [-0.05, 0) is 45.0 Å². The Labute approximate surface area is 117 Å². The van der Waals surface area contributed by atoms with Gasteiger partial charge < -0.3 is 15.7 Å². The normalized spacial score (nSPS) is 10.8. The van der Waals surface area contributed by atoms with Gasteiger partial charge in [0.1, 0.15) is 0 Å². The van der Waals surface area contributed by atoms with Crippen molar-refractivity contribution in [2.45, 2.75) is 20.8 Å². The minimum absolute atomic E-state index is 0.0136. The highest BCUT2D eigenvalue weighted by atomic mass is 16.4. The van der Waals surface area contributed by atoms with E-state index in [1.54, 1.807) is 24.3 Å². The van der Waals surface area contributed by atoms with Gasteiger partial charge in [0, 0.05) is 17.8 Å². The molecule has 0 fully saturated rings. The van der Waals surface area contributed by atoms with E-state index in [1.165, 1.54) is 20.8 Å². The fourth-order valence-corrected chi connectivity index (χ4v) is 1.34. The average molecular weight is 278 g/mol. The number of Topliss-reactive ketones (excluding diaryl/α,β-unsaturated/α-hetero) is 1. The number of carbonyl (C=O) groups is 3. The third kappa shape index (κ3) is 4.38. The molecule has 0 bridgehead atoms. The second kappa shape index (κ2) is 6.18. The monoisotopic (exact) mass is 278 g/mol. The molecule has 3 N–H and O–H groups in total. The van der Waals surface area contributed by atoms with E-state index in [9.17, 15) is 14.4 Å². The summed E-state index contributed by atoms with van der Waals surface area (Å²) in [6.07, 6.45) is 0. The number of anilines is 1. The molecule has 0 aliphatic carbocycles. The van der Waals surface area contributed by atoms with Gasteiger partial charge in [-0.3, -0.25) is 9.59 Å². The summed E-state index contributed by atoms with van der Waals surface area (Å²) >= 11 is 0. The molecule has 20 heavy (non-hydrogen) atoms. The van der Waals surface area contributed by atoms with E-state index in [2.05, 4.69) is 10.6 Å². The highest BCUT2D eigenvalue weighted by molar-refractivity contribution is 5.95. The quantitative estimate of drug-likeness (QED) is 0.719. The maximum Gasteiger partial charge on any atom is 0.319 e. The lowest BCUT2D eigenvalue weighted by Crippen LogP contribution is -2.40. The van der Waals surface area contributed by atoms with Crippen LogP contribution in [-0.4, -0.2) is 29.4 Å². The molecular formula is C14H18N2O4. The molecule has 1 rings (SSSR count). The van der Waals surface area contributed by atoms with Crippen LogP contribution in [-0.2, 0) is 4.79 Å². The van der Waals surface area contributed by atoms with Crippen molar-refractivity contribution in [1.29, 1.82) is 0 Å². The van der Waals surface area contributed by atoms with Gasteiger partial charge in [0.25, 0.3) is 0 Å². The third-order valence-corrected chi connectivity index (χ3v) is 2.82. The average Bonchev–Trinajstić information content (AvgIpc) is 2.37. The minimum Gasteiger partial charge on any atom is -0.481 e. The molecule has 6 heteroatoms. The largest absolute Gasteiger partial charge is 0.481 e. The lowest BCUT2D eigenvalue weighted by Gasteiger charge is -2.19. The summed E-state index contributed by atoms with van der Waals surface area (Å²) in [6.45, 7) is 4.53. The first-order chi connectivity index (χ1) is 9.22. The van der Waals surface area contributed by atoms with Gasteiger partial charge in [0.05, 0.1) is 5.41 Å². The fourth-order valence-electron chi connectivity index (χ4n) is 1.34. The molecule has 0 aromatic heterocycles. The molecule has 6 nitrogen and oxygen atoms in total. The molecule has 0 heterocycles. The summed E-state index contributed by atoms with van der Waals surface area (Å²) in [4.78, 5) is 33.6. The van der Waals surface area contributed by atoms with Crippen LogP contribution in [0.3, 0.4) is 0 Å². The number of carboxylic acid groups (broad SMARTS) is 1. The second-order valence-electron chi connectivity index (χ2n) is 5.13. The van der Waals surface area contributed by atoms with Crippen molar-refractivity contribution >= 4 is 23.5 Å². The van der Waals surface area contributed by atoms with Crippen molar-refractivity contribution in [1.82, 2.24) is 5.32 Å². The third-order valence-electron chi connectivity index (χ3n) is 2.82. The smallest absolute Gasteiger partial charge is 0.319 e. The molecule has 2 amide bonds. The summed E-state index contributed by atoms with van der Waals surface area (Å²) in [5.74, 6) is -1.03. The van der Waals surface area contributed by atoms with Crippen molar-refractivity contribution in [2.75, 3.05) is 11.9 Å². The number of benzene rings is 1. The highest BCUT2D eigenvalue weighted by Crippen LogP contribution is 2.13.